The van der Waals surface area contributed by atoms with Crippen molar-refractivity contribution < 1.29 is 0 Å². The molecule has 3 nitrogen and oxygen atoms in total. The normalized spacial score (nSPS) is 16.7. The topological polar surface area (TPSA) is 29.3 Å². The summed E-state index contributed by atoms with van der Waals surface area (Å²) in [5.41, 5.74) is 4.97. The highest BCUT2D eigenvalue weighted by atomic mass is 35.5. The van der Waals surface area contributed by atoms with E-state index < -0.39 is 0 Å². The van der Waals surface area contributed by atoms with Gasteiger partial charge in [0.05, 0.1) is 10.7 Å². The van der Waals surface area contributed by atoms with Crippen molar-refractivity contribution in [3.8, 4) is 0 Å². The zero-order valence-electron chi connectivity index (χ0n) is 11.6. The standard InChI is InChI=1S/C17H16ClN3/c18-14-5-6-17-20-15(11-21(17)10-14)9-19-8-13-7-12-3-1-2-4-16(12)13/h1-6,10-11,13,19H,7-9H2. The quantitative estimate of drug-likeness (QED) is 0.799. The lowest BCUT2D eigenvalue weighted by Crippen LogP contribution is -2.28. The number of halogens is 1. The van der Waals surface area contributed by atoms with E-state index in [1.165, 1.54) is 17.5 Å². The highest BCUT2D eigenvalue weighted by molar-refractivity contribution is 6.30. The molecule has 4 heteroatoms. The van der Waals surface area contributed by atoms with Crippen molar-refractivity contribution in [2.75, 3.05) is 6.54 Å². The van der Waals surface area contributed by atoms with Gasteiger partial charge in [0.1, 0.15) is 5.65 Å². The van der Waals surface area contributed by atoms with Crippen LogP contribution in [-0.4, -0.2) is 15.9 Å². The van der Waals surface area contributed by atoms with E-state index in [0.29, 0.717) is 5.92 Å². The Labute approximate surface area is 128 Å². The Balaban J connectivity index is 1.39. The number of hydrogen-bond acceptors (Lipinski definition) is 2. The molecule has 1 aliphatic carbocycles. The first-order valence-corrected chi connectivity index (χ1v) is 7.59. The minimum absolute atomic E-state index is 0.646. The van der Waals surface area contributed by atoms with Crippen molar-refractivity contribution in [1.29, 1.82) is 0 Å². The molecule has 1 aromatic carbocycles. The molecule has 0 aliphatic heterocycles. The third-order valence-electron chi connectivity index (χ3n) is 4.12. The van der Waals surface area contributed by atoms with E-state index in [2.05, 4.69) is 34.6 Å². The van der Waals surface area contributed by atoms with Crippen molar-refractivity contribution in [3.05, 3.63) is 70.6 Å². The molecule has 0 saturated heterocycles. The highest BCUT2D eigenvalue weighted by Gasteiger charge is 2.24. The van der Waals surface area contributed by atoms with Crippen LogP contribution in [0.2, 0.25) is 5.02 Å². The average molecular weight is 298 g/mol. The fourth-order valence-corrected chi connectivity index (χ4v) is 3.19. The Bertz CT molecular complexity index is 794. The summed E-state index contributed by atoms with van der Waals surface area (Å²) in [6.07, 6.45) is 5.10. The van der Waals surface area contributed by atoms with E-state index in [9.17, 15) is 0 Å². The molecule has 4 rings (SSSR count). The predicted octanol–water partition coefficient (Wildman–Crippen LogP) is 3.42. The van der Waals surface area contributed by atoms with Gasteiger partial charge in [-0.25, -0.2) is 4.98 Å². The van der Waals surface area contributed by atoms with Crippen molar-refractivity contribution in [3.63, 3.8) is 0 Å². The van der Waals surface area contributed by atoms with Gasteiger partial charge in [-0.05, 0) is 29.7 Å². The van der Waals surface area contributed by atoms with Gasteiger partial charge >= 0.3 is 0 Å². The summed E-state index contributed by atoms with van der Waals surface area (Å²) in [5.74, 6) is 0.646. The molecular formula is C17H16ClN3. The van der Waals surface area contributed by atoms with Crippen molar-refractivity contribution in [2.24, 2.45) is 0 Å². The molecule has 106 valence electrons. The van der Waals surface area contributed by atoms with Gasteiger partial charge in [0.15, 0.2) is 0 Å². The van der Waals surface area contributed by atoms with Gasteiger partial charge in [-0.1, -0.05) is 35.9 Å². The first-order valence-electron chi connectivity index (χ1n) is 7.21. The Kier molecular flexibility index (Phi) is 3.17. The first-order chi connectivity index (χ1) is 10.3. The maximum absolute atomic E-state index is 5.98. The minimum Gasteiger partial charge on any atom is -0.310 e. The van der Waals surface area contributed by atoms with Crippen LogP contribution >= 0.6 is 11.6 Å². The molecule has 1 unspecified atom stereocenters. The molecule has 3 aromatic rings. The molecule has 0 saturated carbocycles. The van der Waals surface area contributed by atoms with Crippen molar-refractivity contribution in [1.82, 2.24) is 14.7 Å². The molecule has 0 fully saturated rings. The van der Waals surface area contributed by atoms with E-state index >= 15 is 0 Å². The van der Waals surface area contributed by atoms with Crippen molar-refractivity contribution >= 4 is 17.2 Å². The van der Waals surface area contributed by atoms with E-state index in [4.69, 9.17) is 11.6 Å². The van der Waals surface area contributed by atoms with E-state index in [-0.39, 0.29) is 0 Å². The number of aromatic nitrogens is 2. The lowest BCUT2D eigenvalue weighted by atomic mass is 9.77. The van der Waals surface area contributed by atoms with Crippen LogP contribution < -0.4 is 5.32 Å². The fraction of sp³-hybridized carbons (Fsp3) is 0.235. The van der Waals surface area contributed by atoms with Gasteiger partial charge < -0.3 is 9.72 Å². The fourth-order valence-electron chi connectivity index (χ4n) is 3.02. The van der Waals surface area contributed by atoms with Crippen molar-refractivity contribution in [2.45, 2.75) is 18.9 Å². The minimum atomic E-state index is 0.646. The van der Waals surface area contributed by atoms with Crippen LogP contribution in [0.15, 0.2) is 48.8 Å². The summed E-state index contributed by atoms with van der Waals surface area (Å²) in [4.78, 5) is 4.58. The first kappa shape index (κ1) is 12.9. The molecular weight excluding hydrogens is 282 g/mol. The number of imidazole rings is 1. The van der Waals surface area contributed by atoms with Crippen LogP contribution in [0.4, 0.5) is 0 Å². The molecule has 0 radical (unpaired) electrons. The van der Waals surface area contributed by atoms with Gasteiger partial charge in [0.25, 0.3) is 0 Å². The second-order valence-electron chi connectivity index (χ2n) is 5.58. The summed E-state index contributed by atoms with van der Waals surface area (Å²) in [6, 6.07) is 12.5. The SMILES string of the molecule is Clc1ccc2nc(CNCC3Cc4ccccc43)cn2c1. The van der Waals surface area contributed by atoms with E-state index in [1.807, 2.05) is 28.9 Å². The summed E-state index contributed by atoms with van der Waals surface area (Å²) in [7, 11) is 0. The summed E-state index contributed by atoms with van der Waals surface area (Å²) >= 11 is 5.98. The van der Waals surface area contributed by atoms with Gasteiger partial charge in [-0.2, -0.15) is 0 Å². The monoisotopic (exact) mass is 297 g/mol. The molecule has 1 atom stereocenters. The molecule has 0 amide bonds. The number of fused-ring (bicyclic) bond motifs is 2. The van der Waals surface area contributed by atoms with Gasteiger partial charge in [-0.3, -0.25) is 0 Å². The van der Waals surface area contributed by atoms with Crippen LogP contribution in [0.25, 0.3) is 5.65 Å². The van der Waals surface area contributed by atoms with E-state index in [0.717, 1.165) is 29.5 Å². The number of nitrogens with one attached hydrogen (secondary N) is 1. The van der Waals surface area contributed by atoms with Gasteiger partial charge in [0, 0.05) is 31.4 Å². The lowest BCUT2D eigenvalue weighted by Gasteiger charge is -2.30. The van der Waals surface area contributed by atoms with Crippen LogP contribution in [0, 0.1) is 0 Å². The number of hydrogen-bond donors (Lipinski definition) is 1. The third-order valence-corrected chi connectivity index (χ3v) is 4.35. The van der Waals surface area contributed by atoms with Gasteiger partial charge in [0.2, 0.25) is 0 Å². The molecule has 0 spiro atoms. The maximum atomic E-state index is 5.98. The smallest absolute Gasteiger partial charge is 0.137 e. The largest absolute Gasteiger partial charge is 0.310 e. The predicted molar refractivity (Wildman–Crippen MR) is 84.8 cm³/mol. The molecule has 21 heavy (non-hydrogen) atoms. The third kappa shape index (κ3) is 2.43. The zero-order chi connectivity index (χ0) is 14.2. The number of rotatable bonds is 4. The molecule has 1 aliphatic rings. The number of benzene rings is 1. The summed E-state index contributed by atoms with van der Waals surface area (Å²) in [6.45, 7) is 1.80. The second kappa shape index (κ2) is 5.17. The molecule has 2 heterocycles. The highest BCUT2D eigenvalue weighted by Crippen LogP contribution is 2.33. The zero-order valence-corrected chi connectivity index (χ0v) is 12.3. The summed E-state index contributed by atoms with van der Waals surface area (Å²) in [5, 5.41) is 4.24. The van der Waals surface area contributed by atoms with Crippen LogP contribution in [0.3, 0.4) is 0 Å². The van der Waals surface area contributed by atoms with Gasteiger partial charge in [-0.15, -0.1) is 0 Å². The Morgan fingerprint density at radius 1 is 1.19 bits per heavy atom. The Hall–Kier alpha value is -1.84. The maximum Gasteiger partial charge on any atom is 0.137 e. The molecule has 1 N–H and O–H groups in total. The van der Waals surface area contributed by atoms with Crippen LogP contribution in [0.5, 0.6) is 0 Å². The number of pyridine rings is 1. The Morgan fingerprint density at radius 2 is 2.10 bits per heavy atom. The average Bonchev–Trinajstić information content (AvgIpc) is 2.85. The second-order valence-corrected chi connectivity index (χ2v) is 6.01. The summed E-state index contributed by atoms with van der Waals surface area (Å²) < 4.78 is 1.97. The Morgan fingerprint density at radius 3 is 3.00 bits per heavy atom. The lowest BCUT2D eigenvalue weighted by molar-refractivity contribution is 0.533. The molecule has 2 aromatic heterocycles. The molecule has 0 bridgehead atoms. The number of nitrogens with zero attached hydrogens (tertiary/aromatic N) is 2. The van der Waals surface area contributed by atoms with Crippen LogP contribution in [-0.2, 0) is 13.0 Å². The van der Waals surface area contributed by atoms with Crippen LogP contribution in [0.1, 0.15) is 22.7 Å². The van der Waals surface area contributed by atoms with E-state index in [1.54, 1.807) is 0 Å².